The lowest BCUT2D eigenvalue weighted by atomic mass is 10.3. The summed E-state index contributed by atoms with van der Waals surface area (Å²) in [6, 6.07) is 1.83. The van der Waals surface area contributed by atoms with Crippen LogP contribution in [0.15, 0.2) is 18.5 Å². The SMILES string of the molecule is Cc1cc2nc(CC(=O)O)cn2cc1Cl. The molecule has 0 saturated carbocycles. The van der Waals surface area contributed by atoms with E-state index in [0.717, 1.165) is 5.56 Å². The molecule has 78 valence electrons. The predicted octanol–water partition coefficient (Wildman–Crippen LogP) is 1.92. The van der Waals surface area contributed by atoms with Crippen molar-refractivity contribution in [3.63, 3.8) is 0 Å². The van der Waals surface area contributed by atoms with E-state index in [-0.39, 0.29) is 6.42 Å². The van der Waals surface area contributed by atoms with Crippen LogP contribution in [0.25, 0.3) is 5.65 Å². The Hall–Kier alpha value is -1.55. The summed E-state index contributed by atoms with van der Waals surface area (Å²) in [5, 5.41) is 9.27. The Labute approximate surface area is 91.1 Å². The quantitative estimate of drug-likeness (QED) is 0.848. The van der Waals surface area contributed by atoms with E-state index < -0.39 is 5.97 Å². The van der Waals surface area contributed by atoms with E-state index >= 15 is 0 Å². The largest absolute Gasteiger partial charge is 0.481 e. The number of carbonyl (C=O) groups is 1. The number of pyridine rings is 1. The van der Waals surface area contributed by atoms with Crippen LogP contribution < -0.4 is 0 Å². The second-order valence-corrected chi connectivity index (χ2v) is 3.78. The molecule has 1 N–H and O–H groups in total. The first-order valence-electron chi connectivity index (χ1n) is 4.42. The maximum Gasteiger partial charge on any atom is 0.309 e. The third kappa shape index (κ3) is 1.94. The molecule has 0 bridgehead atoms. The Morgan fingerprint density at radius 3 is 3.00 bits per heavy atom. The molecule has 2 heterocycles. The second-order valence-electron chi connectivity index (χ2n) is 3.37. The van der Waals surface area contributed by atoms with Crippen molar-refractivity contribution in [1.29, 1.82) is 0 Å². The Kier molecular flexibility index (Phi) is 2.36. The number of nitrogens with zero attached hydrogens (tertiary/aromatic N) is 2. The number of fused-ring (bicyclic) bond motifs is 1. The third-order valence-corrected chi connectivity index (χ3v) is 2.51. The molecule has 2 rings (SSSR count). The molecule has 0 aliphatic rings. The van der Waals surface area contributed by atoms with E-state index in [1.54, 1.807) is 16.8 Å². The summed E-state index contributed by atoms with van der Waals surface area (Å²) in [6.07, 6.45) is 3.33. The number of imidazole rings is 1. The van der Waals surface area contributed by atoms with Crippen LogP contribution in [0.5, 0.6) is 0 Å². The zero-order chi connectivity index (χ0) is 11.0. The van der Waals surface area contributed by atoms with Crippen LogP contribution in [-0.2, 0) is 11.2 Å². The fraction of sp³-hybridized carbons (Fsp3) is 0.200. The van der Waals surface area contributed by atoms with Crippen LogP contribution in [0.3, 0.4) is 0 Å². The van der Waals surface area contributed by atoms with Crippen LogP contribution in [0, 0.1) is 6.92 Å². The van der Waals surface area contributed by atoms with Gasteiger partial charge in [-0.15, -0.1) is 0 Å². The van der Waals surface area contributed by atoms with Crippen molar-refractivity contribution in [2.45, 2.75) is 13.3 Å². The smallest absolute Gasteiger partial charge is 0.309 e. The molecule has 0 amide bonds. The Balaban J connectivity index is 2.51. The zero-order valence-corrected chi connectivity index (χ0v) is 8.82. The van der Waals surface area contributed by atoms with Gasteiger partial charge < -0.3 is 9.51 Å². The maximum atomic E-state index is 10.5. The first-order valence-corrected chi connectivity index (χ1v) is 4.79. The molecule has 2 aromatic rings. The average Bonchev–Trinajstić information content (AvgIpc) is 2.46. The van der Waals surface area contributed by atoms with Gasteiger partial charge in [-0.2, -0.15) is 0 Å². The fourth-order valence-electron chi connectivity index (χ4n) is 1.40. The highest BCUT2D eigenvalue weighted by molar-refractivity contribution is 6.31. The minimum Gasteiger partial charge on any atom is -0.481 e. The maximum absolute atomic E-state index is 10.5. The number of halogens is 1. The molecule has 5 heteroatoms. The Morgan fingerprint density at radius 1 is 1.60 bits per heavy atom. The summed E-state index contributed by atoms with van der Waals surface area (Å²) < 4.78 is 1.73. The standard InChI is InChI=1S/C10H9ClN2O2/c1-6-2-9-12-7(3-10(14)15)4-13(9)5-8(6)11/h2,4-5H,3H2,1H3,(H,14,15). The number of aryl methyl sites for hydroxylation is 1. The Morgan fingerprint density at radius 2 is 2.33 bits per heavy atom. The fourth-order valence-corrected chi connectivity index (χ4v) is 1.56. The van der Waals surface area contributed by atoms with Crippen molar-refractivity contribution in [1.82, 2.24) is 9.38 Å². The van der Waals surface area contributed by atoms with E-state index in [2.05, 4.69) is 4.98 Å². The van der Waals surface area contributed by atoms with Gasteiger partial charge in [-0.3, -0.25) is 4.79 Å². The van der Waals surface area contributed by atoms with Gasteiger partial charge in [0.15, 0.2) is 0 Å². The lowest BCUT2D eigenvalue weighted by Gasteiger charge is -1.97. The van der Waals surface area contributed by atoms with Gasteiger partial charge in [-0.1, -0.05) is 11.6 Å². The molecular formula is C10H9ClN2O2. The molecule has 0 atom stereocenters. The van der Waals surface area contributed by atoms with Crippen LogP contribution in [-0.4, -0.2) is 20.5 Å². The molecule has 0 aliphatic heterocycles. The van der Waals surface area contributed by atoms with Gasteiger partial charge in [-0.25, -0.2) is 4.98 Å². The molecule has 0 spiro atoms. The molecule has 0 unspecified atom stereocenters. The highest BCUT2D eigenvalue weighted by atomic mass is 35.5. The number of rotatable bonds is 2. The molecule has 0 saturated heterocycles. The van der Waals surface area contributed by atoms with Crippen LogP contribution in [0.2, 0.25) is 5.02 Å². The topological polar surface area (TPSA) is 54.6 Å². The molecular weight excluding hydrogens is 216 g/mol. The molecule has 0 fully saturated rings. The van der Waals surface area contributed by atoms with Crippen molar-refractivity contribution in [2.75, 3.05) is 0 Å². The van der Waals surface area contributed by atoms with Gasteiger partial charge in [0.25, 0.3) is 0 Å². The van der Waals surface area contributed by atoms with Crippen LogP contribution in [0.1, 0.15) is 11.3 Å². The van der Waals surface area contributed by atoms with E-state index in [1.165, 1.54) is 0 Å². The lowest BCUT2D eigenvalue weighted by molar-refractivity contribution is -0.136. The van der Waals surface area contributed by atoms with E-state index in [1.807, 2.05) is 13.0 Å². The Bertz CT molecular complexity index is 494. The van der Waals surface area contributed by atoms with E-state index in [9.17, 15) is 4.79 Å². The summed E-state index contributed by atoms with van der Waals surface area (Å²) in [4.78, 5) is 14.7. The number of aliphatic carboxylic acids is 1. The van der Waals surface area contributed by atoms with Gasteiger partial charge in [0.1, 0.15) is 5.65 Å². The molecule has 0 aliphatic carbocycles. The van der Waals surface area contributed by atoms with Crippen molar-refractivity contribution in [2.24, 2.45) is 0 Å². The second kappa shape index (κ2) is 3.55. The summed E-state index contributed by atoms with van der Waals surface area (Å²) in [5.74, 6) is -0.888. The zero-order valence-electron chi connectivity index (χ0n) is 8.07. The van der Waals surface area contributed by atoms with Crippen LogP contribution >= 0.6 is 11.6 Å². The first kappa shape index (κ1) is 9.98. The van der Waals surface area contributed by atoms with Crippen LogP contribution in [0.4, 0.5) is 0 Å². The van der Waals surface area contributed by atoms with Crippen molar-refractivity contribution in [3.8, 4) is 0 Å². The number of carboxylic acids is 1. The molecule has 0 aromatic carbocycles. The highest BCUT2D eigenvalue weighted by Crippen LogP contribution is 2.17. The summed E-state index contributed by atoms with van der Waals surface area (Å²) >= 11 is 5.94. The highest BCUT2D eigenvalue weighted by Gasteiger charge is 2.07. The van der Waals surface area contributed by atoms with Crippen molar-refractivity contribution >= 4 is 23.2 Å². The summed E-state index contributed by atoms with van der Waals surface area (Å²) in [5.41, 5.74) is 2.17. The minimum absolute atomic E-state index is 0.0711. The van der Waals surface area contributed by atoms with Gasteiger partial charge in [0.05, 0.1) is 17.1 Å². The predicted molar refractivity (Wildman–Crippen MR) is 56.3 cm³/mol. The third-order valence-electron chi connectivity index (χ3n) is 2.12. The first-order chi connectivity index (χ1) is 7.06. The summed E-state index contributed by atoms with van der Waals surface area (Å²) in [6.45, 7) is 1.88. The number of carboxylic acid groups (broad SMARTS) is 1. The van der Waals surface area contributed by atoms with Gasteiger partial charge in [0.2, 0.25) is 0 Å². The molecule has 0 radical (unpaired) electrons. The van der Waals surface area contributed by atoms with Gasteiger partial charge in [-0.05, 0) is 18.6 Å². The van der Waals surface area contributed by atoms with Gasteiger partial charge in [0, 0.05) is 12.4 Å². The number of hydrogen-bond acceptors (Lipinski definition) is 2. The summed E-state index contributed by atoms with van der Waals surface area (Å²) in [7, 11) is 0. The minimum atomic E-state index is -0.888. The molecule has 4 nitrogen and oxygen atoms in total. The van der Waals surface area contributed by atoms with Crippen molar-refractivity contribution in [3.05, 3.63) is 34.7 Å². The lowest BCUT2D eigenvalue weighted by Crippen LogP contribution is -1.99. The number of aromatic nitrogens is 2. The van der Waals surface area contributed by atoms with E-state index in [4.69, 9.17) is 16.7 Å². The van der Waals surface area contributed by atoms with E-state index in [0.29, 0.717) is 16.4 Å². The number of hydrogen-bond donors (Lipinski definition) is 1. The van der Waals surface area contributed by atoms with Crippen molar-refractivity contribution < 1.29 is 9.90 Å². The molecule has 2 aromatic heterocycles. The monoisotopic (exact) mass is 224 g/mol. The average molecular weight is 225 g/mol. The van der Waals surface area contributed by atoms with Gasteiger partial charge >= 0.3 is 5.97 Å². The normalized spacial score (nSPS) is 10.8. The molecule has 15 heavy (non-hydrogen) atoms.